The van der Waals surface area contributed by atoms with Gasteiger partial charge in [0.15, 0.2) is 0 Å². The van der Waals surface area contributed by atoms with E-state index in [2.05, 4.69) is 6.07 Å². The van der Waals surface area contributed by atoms with Gasteiger partial charge in [-0.15, -0.1) is 0 Å². The Kier molecular flexibility index (Phi) is 4.07. The Bertz CT molecular complexity index is 611. The molecule has 0 saturated carbocycles. The summed E-state index contributed by atoms with van der Waals surface area (Å²) in [5.41, 5.74) is 8.31. The number of halogens is 1. The zero-order valence-corrected chi connectivity index (χ0v) is 11.4. The molecule has 0 aliphatic carbocycles. The van der Waals surface area contributed by atoms with Crippen molar-refractivity contribution in [3.05, 3.63) is 64.2 Å². The topological polar surface area (TPSA) is 59.1 Å². The number of nitrogens with two attached hydrogens (primary N) is 1. The molecule has 0 heterocycles. The molecule has 0 aromatic heterocycles. The summed E-state index contributed by atoms with van der Waals surface area (Å²) in [7, 11) is 0. The van der Waals surface area contributed by atoms with Gasteiger partial charge < -0.3 is 10.5 Å². The predicted octanol–water partition coefficient (Wildman–Crippen LogP) is 3.51. The van der Waals surface area contributed by atoms with Crippen molar-refractivity contribution < 1.29 is 4.74 Å². The van der Waals surface area contributed by atoms with Crippen molar-refractivity contribution in [2.75, 3.05) is 0 Å². The van der Waals surface area contributed by atoms with Gasteiger partial charge in [-0.3, -0.25) is 5.41 Å². The number of benzene rings is 2. The van der Waals surface area contributed by atoms with Gasteiger partial charge in [0.2, 0.25) is 0 Å². The molecule has 0 spiro atoms. The van der Waals surface area contributed by atoms with Gasteiger partial charge in [-0.05, 0) is 30.7 Å². The molecule has 0 fully saturated rings. The molecule has 2 rings (SSSR count). The molecule has 0 bridgehead atoms. The zero-order valence-electron chi connectivity index (χ0n) is 10.6. The van der Waals surface area contributed by atoms with E-state index < -0.39 is 0 Å². The molecule has 0 amide bonds. The highest BCUT2D eigenvalue weighted by Crippen LogP contribution is 2.24. The van der Waals surface area contributed by atoms with E-state index in [4.69, 9.17) is 27.5 Å². The zero-order chi connectivity index (χ0) is 13.8. The second kappa shape index (κ2) is 5.76. The summed E-state index contributed by atoms with van der Waals surface area (Å²) in [6.45, 7) is 2.45. The van der Waals surface area contributed by atoms with Gasteiger partial charge in [0.05, 0.1) is 5.56 Å². The van der Waals surface area contributed by atoms with Crippen molar-refractivity contribution >= 4 is 17.4 Å². The summed E-state index contributed by atoms with van der Waals surface area (Å²) >= 11 is 5.94. The molecular formula is C15H15ClN2O. The van der Waals surface area contributed by atoms with Crippen LogP contribution in [-0.4, -0.2) is 5.84 Å². The summed E-state index contributed by atoms with van der Waals surface area (Å²) in [4.78, 5) is 0. The average molecular weight is 275 g/mol. The van der Waals surface area contributed by atoms with E-state index in [0.717, 1.165) is 5.56 Å². The van der Waals surface area contributed by atoms with E-state index in [-0.39, 0.29) is 5.84 Å². The molecule has 19 heavy (non-hydrogen) atoms. The third-order valence-electron chi connectivity index (χ3n) is 2.71. The molecule has 2 aromatic carbocycles. The van der Waals surface area contributed by atoms with Crippen molar-refractivity contribution in [2.45, 2.75) is 13.5 Å². The molecule has 3 nitrogen and oxygen atoms in total. The largest absolute Gasteiger partial charge is 0.488 e. The smallest absolute Gasteiger partial charge is 0.132 e. The Morgan fingerprint density at radius 1 is 1.26 bits per heavy atom. The van der Waals surface area contributed by atoms with Crippen LogP contribution < -0.4 is 10.5 Å². The van der Waals surface area contributed by atoms with Crippen LogP contribution in [0.5, 0.6) is 5.75 Å². The molecule has 0 saturated heterocycles. The summed E-state index contributed by atoms with van der Waals surface area (Å²) in [5.74, 6) is 0.498. The van der Waals surface area contributed by atoms with Crippen molar-refractivity contribution in [1.82, 2.24) is 0 Å². The minimum atomic E-state index is -0.0316. The van der Waals surface area contributed by atoms with Crippen molar-refractivity contribution in [3.63, 3.8) is 0 Å². The van der Waals surface area contributed by atoms with Crippen LogP contribution in [0.4, 0.5) is 0 Å². The fourth-order valence-corrected chi connectivity index (χ4v) is 1.96. The number of hydrogen-bond acceptors (Lipinski definition) is 2. The van der Waals surface area contributed by atoms with Crippen molar-refractivity contribution in [3.8, 4) is 5.75 Å². The second-order valence-corrected chi connectivity index (χ2v) is 4.77. The van der Waals surface area contributed by atoms with E-state index in [0.29, 0.717) is 22.9 Å². The lowest BCUT2D eigenvalue weighted by molar-refractivity contribution is 0.305. The molecule has 0 aliphatic heterocycles. The number of hydrogen-bond donors (Lipinski definition) is 2. The Morgan fingerprint density at radius 2 is 2.05 bits per heavy atom. The maximum Gasteiger partial charge on any atom is 0.132 e. The monoisotopic (exact) mass is 274 g/mol. The number of ether oxygens (including phenoxy) is 1. The summed E-state index contributed by atoms with van der Waals surface area (Å²) in [6, 6.07) is 13.1. The first-order valence-electron chi connectivity index (χ1n) is 5.88. The third kappa shape index (κ3) is 3.48. The van der Waals surface area contributed by atoms with Gasteiger partial charge in [0.1, 0.15) is 18.2 Å². The normalized spacial score (nSPS) is 10.2. The highest BCUT2D eigenvalue weighted by atomic mass is 35.5. The van der Waals surface area contributed by atoms with Crippen LogP contribution in [0.2, 0.25) is 5.02 Å². The first-order chi connectivity index (χ1) is 9.06. The summed E-state index contributed by atoms with van der Waals surface area (Å²) in [5, 5.41) is 8.08. The minimum Gasteiger partial charge on any atom is -0.488 e. The van der Waals surface area contributed by atoms with E-state index in [9.17, 15) is 0 Å². The van der Waals surface area contributed by atoms with Gasteiger partial charge in [-0.2, -0.15) is 0 Å². The van der Waals surface area contributed by atoms with Gasteiger partial charge in [0.25, 0.3) is 0 Å². The van der Waals surface area contributed by atoms with Crippen LogP contribution in [0.1, 0.15) is 16.7 Å². The van der Waals surface area contributed by atoms with E-state index in [1.807, 2.05) is 25.1 Å². The van der Waals surface area contributed by atoms with Crippen LogP contribution in [-0.2, 0) is 6.61 Å². The number of amidine groups is 1. The second-order valence-electron chi connectivity index (χ2n) is 4.33. The number of aryl methyl sites for hydroxylation is 1. The molecule has 0 aliphatic rings. The molecule has 4 heteroatoms. The first kappa shape index (κ1) is 13.4. The quantitative estimate of drug-likeness (QED) is 0.662. The van der Waals surface area contributed by atoms with Gasteiger partial charge in [-0.1, -0.05) is 41.4 Å². The highest BCUT2D eigenvalue weighted by Gasteiger charge is 2.07. The van der Waals surface area contributed by atoms with Crippen LogP contribution in [0.3, 0.4) is 0 Å². The maximum atomic E-state index is 7.52. The lowest BCUT2D eigenvalue weighted by Crippen LogP contribution is -2.13. The van der Waals surface area contributed by atoms with Gasteiger partial charge in [0, 0.05) is 5.02 Å². The fraction of sp³-hybridized carbons (Fsp3) is 0.133. The van der Waals surface area contributed by atoms with E-state index in [1.54, 1.807) is 18.2 Å². The Morgan fingerprint density at radius 3 is 2.74 bits per heavy atom. The summed E-state index contributed by atoms with van der Waals surface area (Å²) in [6.07, 6.45) is 0. The molecule has 98 valence electrons. The molecule has 3 N–H and O–H groups in total. The average Bonchev–Trinajstić information content (AvgIpc) is 2.36. The number of nitrogen functional groups attached to an aromatic ring is 1. The molecule has 0 atom stereocenters. The molecule has 0 radical (unpaired) electrons. The number of nitrogens with one attached hydrogen (secondary N) is 1. The van der Waals surface area contributed by atoms with Crippen LogP contribution in [0, 0.1) is 12.3 Å². The highest BCUT2D eigenvalue weighted by molar-refractivity contribution is 6.30. The third-order valence-corrected chi connectivity index (χ3v) is 2.95. The van der Waals surface area contributed by atoms with E-state index >= 15 is 0 Å². The Hall–Kier alpha value is -2.00. The molecule has 0 unspecified atom stereocenters. The summed E-state index contributed by atoms with van der Waals surface area (Å²) < 4.78 is 5.72. The van der Waals surface area contributed by atoms with Gasteiger partial charge >= 0.3 is 0 Å². The molecule has 2 aromatic rings. The lowest BCUT2D eigenvalue weighted by Gasteiger charge is -2.11. The van der Waals surface area contributed by atoms with Crippen LogP contribution in [0.25, 0.3) is 0 Å². The first-order valence-corrected chi connectivity index (χ1v) is 6.26. The van der Waals surface area contributed by atoms with Crippen molar-refractivity contribution in [2.24, 2.45) is 5.73 Å². The van der Waals surface area contributed by atoms with Crippen molar-refractivity contribution in [1.29, 1.82) is 5.41 Å². The maximum absolute atomic E-state index is 7.52. The minimum absolute atomic E-state index is 0.0316. The van der Waals surface area contributed by atoms with Crippen LogP contribution in [0.15, 0.2) is 42.5 Å². The fourth-order valence-electron chi connectivity index (χ4n) is 1.80. The molecular weight excluding hydrogens is 260 g/mol. The predicted molar refractivity (Wildman–Crippen MR) is 78.0 cm³/mol. The Balaban J connectivity index is 2.19. The SMILES string of the molecule is Cc1cccc(COc2cc(Cl)ccc2C(=N)N)c1. The van der Waals surface area contributed by atoms with Gasteiger partial charge in [-0.25, -0.2) is 0 Å². The van der Waals surface area contributed by atoms with Crippen LogP contribution >= 0.6 is 11.6 Å². The standard InChI is InChI=1S/C15H15ClN2O/c1-10-3-2-4-11(7-10)9-19-14-8-12(16)5-6-13(14)15(17)18/h2-8H,9H2,1H3,(H3,17,18). The number of rotatable bonds is 4. The van der Waals surface area contributed by atoms with E-state index in [1.165, 1.54) is 5.56 Å². The Labute approximate surface area is 117 Å². The lowest BCUT2D eigenvalue weighted by atomic mass is 10.1.